The lowest BCUT2D eigenvalue weighted by Crippen LogP contribution is -2.38. The molecular weight excluding hydrogens is 242 g/mol. The summed E-state index contributed by atoms with van der Waals surface area (Å²) in [6.07, 6.45) is 3.86. The van der Waals surface area contributed by atoms with Gasteiger partial charge >= 0.3 is 0 Å². The number of hydrogen-bond acceptors (Lipinski definition) is 4. The summed E-state index contributed by atoms with van der Waals surface area (Å²) >= 11 is 0. The van der Waals surface area contributed by atoms with E-state index in [1.165, 1.54) is 19.3 Å². The van der Waals surface area contributed by atoms with Crippen molar-refractivity contribution >= 4 is 11.6 Å². The molecule has 1 amide bonds. The molecule has 0 saturated carbocycles. The number of hydrogen-bond donors (Lipinski definition) is 2. The van der Waals surface area contributed by atoms with Gasteiger partial charge in [-0.3, -0.25) is 9.48 Å². The minimum Gasteiger partial charge on any atom is -0.395 e. The summed E-state index contributed by atoms with van der Waals surface area (Å²) in [7, 11) is 1.74. The molecule has 2 heterocycles. The molecule has 2 rings (SSSR count). The first-order chi connectivity index (χ1) is 9.09. The third kappa shape index (κ3) is 3.26. The van der Waals surface area contributed by atoms with Crippen LogP contribution < -0.4 is 11.1 Å². The molecule has 1 aromatic heterocycles. The lowest BCUT2D eigenvalue weighted by Gasteiger charge is -2.26. The van der Waals surface area contributed by atoms with Crippen LogP contribution in [0.25, 0.3) is 0 Å². The van der Waals surface area contributed by atoms with Crippen LogP contribution in [0.2, 0.25) is 0 Å². The van der Waals surface area contributed by atoms with Crippen molar-refractivity contribution in [2.45, 2.75) is 26.2 Å². The number of nitrogens with zero attached hydrogens (tertiary/aromatic N) is 3. The van der Waals surface area contributed by atoms with E-state index in [2.05, 4.69) is 15.3 Å². The lowest BCUT2D eigenvalue weighted by molar-refractivity contribution is 0.0938. The highest BCUT2D eigenvalue weighted by molar-refractivity contribution is 5.97. The molecule has 0 aliphatic carbocycles. The van der Waals surface area contributed by atoms with Crippen molar-refractivity contribution in [3.05, 3.63) is 11.4 Å². The summed E-state index contributed by atoms with van der Waals surface area (Å²) in [5.74, 6) is -0.141. The van der Waals surface area contributed by atoms with Crippen LogP contribution in [0.15, 0.2) is 0 Å². The minimum absolute atomic E-state index is 0.141. The van der Waals surface area contributed by atoms with Crippen LogP contribution in [0, 0.1) is 6.92 Å². The zero-order valence-corrected chi connectivity index (χ0v) is 11.8. The average molecular weight is 265 g/mol. The van der Waals surface area contributed by atoms with Gasteiger partial charge in [-0.05, 0) is 32.9 Å². The summed E-state index contributed by atoms with van der Waals surface area (Å²) in [6, 6.07) is 0. The van der Waals surface area contributed by atoms with Crippen LogP contribution in [-0.2, 0) is 7.05 Å². The Balaban J connectivity index is 1.84. The van der Waals surface area contributed by atoms with Gasteiger partial charge in [-0.25, -0.2) is 0 Å². The molecule has 0 radical (unpaired) electrons. The van der Waals surface area contributed by atoms with Gasteiger partial charge in [0, 0.05) is 20.1 Å². The van der Waals surface area contributed by atoms with E-state index in [1.54, 1.807) is 18.7 Å². The molecule has 6 heteroatoms. The second kappa shape index (κ2) is 6.06. The molecular formula is C13H23N5O. The van der Waals surface area contributed by atoms with Gasteiger partial charge in [0.15, 0.2) is 0 Å². The normalized spacial score (nSPS) is 16.5. The van der Waals surface area contributed by atoms with Gasteiger partial charge in [0.05, 0.1) is 11.4 Å². The van der Waals surface area contributed by atoms with Gasteiger partial charge in [-0.1, -0.05) is 6.42 Å². The van der Waals surface area contributed by atoms with Crippen LogP contribution in [0.1, 0.15) is 35.4 Å². The Labute approximate surface area is 113 Å². The summed E-state index contributed by atoms with van der Waals surface area (Å²) in [5, 5.41) is 7.07. The Morgan fingerprint density at radius 2 is 2.05 bits per heavy atom. The number of nitrogen functional groups attached to an aromatic ring is 1. The van der Waals surface area contributed by atoms with Gasteiger partial charge in [0.25, 0.3) is 5.91 Å². The van der Waals surface area contributed by atoms with Gasteiger partial charge < -0.3 is 16.0 Å². The number of anilines is 1. The number of nitrogens with one attached hydrogen (secondary N) is 1. The topological polar surface area (TPSA) is 76.2 Å². The Bertz CT molecular complexity index is 448. The first kappa shape index (κ1) is 13.9. The van der Waals surface area contributed by atoms with Crippen molar-refractivity contribution in [3.63, 3.8) is 0 Å². The lowest BCUT2D eigenvalue weighted by atomic mass is 10.1. The van der Waals surface area contributed by atoms with E-state index in [-0.39, 0.29) is 5.91 Å². The quantitative estimate of drug-likeness (QED) is 0.832. The number of amides is 1. The molecule has 3 N–H and O–H groups in total. The maximum atomic E-state index is 12.1. The van der Waals surface area contributed by atoms with E-state index in [0.29, 0.717) is 23.6 Å². The number of aromatic nitrogens is 2. The summed E-state index contributed by atoms with van der Waals surface area (Å²) in [5.41, 5.74) is 7.49. The van der Waals surface area contributed by atoms with Crippen molar-refractivity contribution < 1.29 is 4.79 Å². The Morgan fingerprint density at radius 1 is 1.37 bits per heavy atom. The fraction of sp³-hybridized carbons (Fsp3) is 0.692. The standard InChI is InChI=1S/C13H23N5O/c1-10-11(14)12(17(2)16-10)13(19)15-6-9-18-7-4-3-5-8-18/h3-9,14H2,1-2H3,(H,15,19). The number of nitrogens with two attached hydrogens (primary N) is 1. The number of carbonyl (C=O) groups is 1. The molecule has 0 bridgehead atoms. The Kier molecular flexibility index (Phi) is 4.42. The molecule has 1 saturated heterocycles. The largest absolute Gasteiger partial charge is 0.395 e. The summed E-state index contributed by atoms with van der Waals surface area (Å²) in [6.45, 7) is 5.65. The first-order valence-corrected chi connectivity index (χ1v) is 6.89. The van der Waals surface area contributed by atoms with E-state index >= 15 is 0 Å². The van der Waals surface area contributed by atoms with E-state index in [0.717, 1.165) is 19.6 Å². The van der Waals surface area contributed by atoms with Gasteiger partial charge in [0.1, 0.15) is 5.69 Å². The number of likely N-dealkylation sites (tertiary alicyclic amines) is 1. The number of carbonyl (C=O) groups excluding carboxylic acids is 1. The first-order valence-electron chi connectivity index (χ1n) is 6.89. The zero-order chi connectivity index (χ0) is 13.8. The van der Waals surface area contributed by atoms with E-state index in [1.807, 2.05) is 0 Å². The van der Waals surface area contributed by atoms with Gasteiger partial charge in [0.2, 0.25) is 0 Å². The average Bonchev–Trinajstić information content (AvgIpc) is 2.64. The molecule has 1 fully saturated rings. The van der Waals surface area contributed by atoms with Gasteiger partial charge in [-0.15, -0.1) is 0 Å². The number of rotatable bonds is 4. The van der Waals surface area contributed by atoms with Crippen LogP contribution in [-0.4, -0.2) is 46.8 Å². The smallest absolute Gasteiger partial charge is 0.271 e. The molecule has 19 heavy (non-hydrogen) atoms. The van der Waals surface area contributed by atoms with Crippen LogP contribution in [0.4, 0.5) is 5.69 Å². The molecule has 0 unspecified atom stereocenters. The molecule has 6 nitrogen and oxygen atoms in total. The summed E-state index contributed by atoms with van der Waals surface area (Å²) in [4.78, 5) is 14.5. The molecule has 106 valence electrons. The molecule has 1 aromatic rings. The van der Waals surface area contributed by atoms with Gasteiger partial charge in [-0.2, -0.15) is 5.10 Å². The fourth-order valence-corrected chi connectivity index (χ4v) is 2.54. The predicted octanol–water partition coefficient (Wildman–Crippen LogP) is 0.526. The predicted molar refractivity (Wildman–Crippen MR) is 75.0 cm³/mol. The van der Waals surface area contributed by atoms with Crippen molar-refractivity contribution in [2.75, 3.05) is 31.9 Å². The van der Waals surface area contributed by atoms with Crippen LogP contribution >= 0.6 is 0 Å². The minimum atomic E-state index is -0.141. The maximum absolute atomic E-state index is 12.1. The second-order valence-electron chi connectivity index (χ2n) is 5.13. The van der Waals surface area contributed by atoms with Crippen LogP contribution in [0.5, 0.6) is 0 Å². The Morgan fingerprint density at radius 3 is 2.63 bits per heavy atom. The van der Waals surface area contributed by atoms with Crippen molar-refractivity contribution in [1.82, 2.24) is 20.0 Å². The SMILES string of the molecule is Cc1nn(C)c(C(=O)NCCN2CCCCC2)c1N. The molecule has 1 aliphatic rings. The number of aryl methyl sites for hydroxylation is 2. The Hall–Kier alpha value is -1.56. The molecule has 0 aromatic carbocycles. The second-order valence-corrected chi connectivity index (χ2v) is 5.13. The highest BCUT2D eigenvalue weighted by Crippen LogP contribution is 2.14. The van der Waals surface area contributed by atoms with E-state index in [9.17, 15) is 4.79 Å². The van der Waals surface area contributed by atoms with Crippen molar-refractivity contribution in [1.29, 1.82) is 0 Å². The highest BCUT2D eigenvalue weighted by Gasteiger charge is 2.17. The molecule has 0 spiro atoms. The number of piperidine rings is 1. The van der Waals surface area contributed by atoms with Crippen LogP contribution in [0.3, 0.4) is 0 Å². The molecule has 0 atom stereocenters. The fourth-order valence-electron chi connectivity index (χ4n) is 2.54. The zero-order valence-electron chi connectivity index (χ0n) is 11.8. The maximum Gasteiger partial charge on any atom is 0.271 e. The van der Waals surface area contributed by atoms with E-state index in [4.69, 9.17) is 5.73 Å². The molecule has 1 aliphatic heterocycles. The highest BCUT2D eigenvalue weighted by atomic mass is 16.2. The third-order valence-electron chi connectivity index (χ3n) is 3.65. The monoisotopic (exact) mass is 265 g/mol. The summed E-state index contributed by atoms with van der Waals surface area (Å²) < 4.78 is 1.54. The third-order valence-corrected chi connectivity index (χ3v) is 3.65. The van der Waals surface area contributed by atoms with Crippen molar-refractivity contribution in [3.8, 4) is 0 Å². The van der Waals surface area contributed by atoms with Crippen molar-refractivity contribution in [2.24, 2.45) is 7.05 Å². The van der Waals surface area contributed by atoms with E-state index < -0.39 is 0 Å².